The lowest BCUT2D eigenvalue weighted by Crippen LogP contribution is -2.38. The molecule has 0 bridgehead atoms. The van der Waals surface area contributed by atoms with Gasteiger partial charge in [-0.1, -0.05) is 0 Å². The number of thioether (sulfide) groups is 1. The average Bonchev–Trinajstić information content (AvgIpc) is 2.29. The minimum atomic E-state index is 0.679. The van der Waals surface area contributed by atoms with Gasteiger partial charge in [0.1, 0.15) is 12.2 Å². The van der Waals surface area contributed by atoms with E-state index in [-0.39, 0.29) is 0 Å². The summed E-state index contributed by atoms with van der Waals surface area (Å²) in [6.45, 7) is 7.56. The van der Waals surface area contributed by atoms with Crippen molar-refractivity contribution >= 4 is 11.8 Å². The molecule has 0 N–H and O–H groups in total. The zero-order chi connectivity index (χ0) is 8.72. The molecule has 64 valence electrons. The Morgan fingerprint density at radius 3 is 3.08 bits per heavy atom. The molecule has 0 aromatic carbocycles. The smallest absolute Gasteiger partial charge is 0.221 e. The molecular formula is C9H13N2S+. The molecule has 2 heterocycles. The monoisotopic (exact) mass is 181 g/mol. The van der Waals surface area contributed by atoms with Crippen LogP contribution in [-0.4, -0.2) is 10.2 Å². The van der Waals surface area contributed by atoms with Gasteiger partial charge in [-0.15, -0.1) is 0 Å². The van der Waals surface area contributed by atoms with Gasteiger partial charge in [-0.2, -0.15) is 0 Å². The molecule has 0 fully saturated rings. The van der Waals surface area contributed by atoms with E-state index < -0.39 is 0 Å². The summed E-state index contributed by atoms with van der Waals surface area (Å²) in [5, 5.41) is 1.86. The van der Waals surface area contributed by atoms with Crippen LogP contribution in [0.2, 0.25) is 0 Å². The number of rotatable bonds is 0. The molecule has 0 saturated carbocycles. The lowest BCUT2D eigenvalue weighted by molar-refractivity contribution is -0.735. The molecule has 0 saturated heterocycles. The first-order chi connectivity index (χ1) is 5.66. The molecule has 0 amide bonds. The average molecular weight is 181 g/mol. The predicted octanol–water partition coefficient (Wildman–Crippen LogP) is 1.48. The van der Waals surface area contributed by atoms with Crippen molar-refractivity contribution in [3.63, 3.8) is 0 Å². The van der Waals surface area contributed by atoms with Gasteiger partial charge < -0.3 is 0 Å². The third-order valence-electron chi connectivity index (χ3n) is 2.09. The van der Waals surface area contributed by atoms with E-state index >= 15 is 0 Å². The molecule has 0 radical (unpaired) electrons. The first-order valence-corrected chi connectivity index (χ1v) is 5.09. The van der Waals surface area contributed by atoms with Crippen LogP contribution in [0.15, 0.2) is 11.2 Å². The zero-order valence-electron chi connectivity index (χ0n) is 7.66. The highest BCUT2D eigenvalue weighted by molar-refractivity contribution is 7.99. The SMILES string of the molecule is Cc1cc(C)[n+]2c(n1)SC(C)C2. The molecule has 1 unspecified atom stereocenters. The van der Waals surface area contributed by atoms with Gasteiger partial charge in [0, 0.05) is 13.0 Å². The summed E-state index contributed by atoms with van der Waals surface area (Å²) in [6.07, 6.45) is 0. The Kier molecular flexibility index (Phi) is 1.83. The van der Waals surface area contributed by atoms with Crippen molar-refractivity contribution in [1.29, 1.82) is 0 Å². The van der Waals surface area contributed by atoms with Gasteiger partial charge in [0.25, 0.3) is 0 Å². The Morgan fingerprint density at radius 2 is 2.33 bits per heavy atom. The van der Waals surface area contributed by atoms with Gasteiger partial charge in [0.2, 0.25) is 0 Å². The summed E-state index contributed by atoms with van der Waals surface area (Å²) in [7, 11) is 0. The van der Waals surface area contributed by atoms with E-state index in [9.17, 15) is 0 Å². The largest absolute Gasteiger partial charge is 0.360 e. The standard InChI is InChI=1S/C9H13N2S/c1-6-4-7(2)11-5-8(3)12-9(11)10-6/h4,8H,5H2,1-3H3/q+1. The minimum absolute atomic E-state index is 0.679. The van der Waals surface area contributed by atoms with Gasteiger partial charge in [-0.25, -0.2) is 4.57 Å². The molecule has 2 nitrogen and oxygen atoms in total. The van der Waals surface area contributed by atoms with E-state index in [0.717, 1.165) is 12.2 Å². The predicted molar refractivity (Wildman–Crippen MR) is 49.2 cm³/mol. The quantitative estimate of drug-likeness (QED) is 0.445. The fourth-order valence-electron chi connectivity index (χ4n) is 1.56. The van der Waals surface area contributed by atoms with Gasteiger partial charge in [0.05, 0.1) is 5.25 Å². The number of aromatic nitrogens is 2. The molecule has 2 rings (SSSR count). The van der Waals surface area contributed by atoms with Crippen LogP contribution >= 0.6 is 11.8 Å². The number of fused-ring (bicyclic) bond motifs is 1. The van der Waals surface area contributed by atoms with Crippen molar-refractivity contribution in [1.82, 2.24) is 4.98 Å². The Hall–Kier alpha value is -0.570. The highest BCUT2D eigenvalue weighted by Gasteiger charge is 2.28. The van der Waals surface area contributed by atoms with E-state index in [2.05, 4.69) is 36.4 Å². The van der Waals surface area contributed by atoms with Crippen molar-refractivity contribution in [2.75, 3.05) is 0 Å². The Bertz CT molecular complexity index is 323. The van der Waals surface area contributed by atoms with Crippen molar-refractivity contribution in [3.8, 4) is 0 Å². The van der Waals surface area contributed by atoms with Gasteiger partial charge in [-0.05, 0) is 30.6 Å². The van der Waals surface area contributed by atoms with Crippen LogP contribution in [0.4, 0.5) is 0 Å². The summed E-state index contributed by atoms with van der Waals surface area (Å²) in [5.41, 5.74) is 2.45. The number of aryl methyl sites for hydroxylation is 2. The Balaban J connectivity index is 2.52. The number of hydrogen-bond donors (Lipinski definition) is 0. The first kappa shape index (κ1) is 8.05. The van der Waals surface area contributed by atoms with Crippen molar-refractivity contribution in [2.24, 2.45) is 0 Å². The van der Waals surface area contributed by atoms with Crippen LogP contribution in [0, 0.1) is 13.8 Å². The molecule has 0 aliphatic carbocycles. The van der Waals surface area contributed by atoms with E-state index in [0.29, 0.717) is 5.25 Å². The van der Waals surface area contributed by atoms with E-state index in [1.54, 1.807) is 0 Å². The summed E-state index contributed by atoms with van der Waals surface area (Å²) >= 11 is 1.87. The fraction of sp³-hybridized carbons (Fsp3) is 0.556. The van der Waals surface area contributed by atoms with Gasteiger partial charge >= 0.3 is 5.16 Å². The maximum Gasteiger partial charge on any atom is 0.360 e. The van der Waals surface area contributed by atoms with Crippen molar-refractivity contribution in [2.45, 2.75) is 37.7 Å². The lowest BCUT2D eigenvalue weighted by Gasteiger charge is -1.97. The normalized spacial score (nSPS) is 21.1. The fourth-order valence-corrected chi connectivity index (χ4v) is 2.69. The van der Waals surface area contributed by atoms with Crippen LogP contribution in [0.3, 0.4) is 0 Å². The Morgan fingerprint density at radius 1 is 1.58 bits per heavy atom. The second-order valence-electron chi connectivity index (χ2n) is 3.36. The number of hydrogen-bond acceptors (Lipinski definition) is 2. The zero-order valence-corrected chi connectivity index (χ0v) is 8.48. The van der Waals surface area contributed by atoms with Crippen LogP contribution < -0.4 is 4.57 Å². The van der Waals surface area contributed by atoms with E-state index in [4.69, 9.17) is 0 Å². The van der Waals surface area contributed by atoms with Gasteiger partial charge in [0.15, 0.2) is 5.69 Å². The maximum absolute atomic E-state index is 4.49. The Labute approximate surface area is 77.0 Å². The summed E-state index contributed by atoms with van der Waals surface area (Å²) in [6, 6.07) is 2.14. The molecule has 0 spiro atoms. The van der Waals surface area contributed by atoms with Crippen LogP contribution in [-0.2, 0) is 6.54 Å². The second kappa shape index (κ2) is 2.73. The summed E-state index contributed by atoms with van der Waals surface area (Å²) in [5.74, 6) is 0. The summed E-state index contributed by atoms with van der Waals surface area (Å²) < 4.78 is 2.29. The van der Waals surface area contributed by atoms with Crippen molar-refractivity contribution < 1.29 is 4.57 Å². The highest BCUT2D eigenvalue weighted by Crippen LogP contribution is 2.24. The summed E-state index contributed by atoms with van der Waals surface area (Å²) in [4.78, 5) is 4.49. The first-order valence-electron chi connectivity index (χ1n) is 4.21. The number of nitrogens with zero attached hydrogens (tertiary/aromatic N) is 2. The molecule has 1 aliphatic heterocycles. The third-order valence-corrected chi connectivity index (χ3v) is 3.17. The van der Waals surface area contributed by atoms with E-state index in [1.165, 1.54) is 10.9 Å². The minimum Gasteiger partial charge on any atom is -0.221 e. The molecule has 1 aliphatic rings. The van der Waals surface area contributed by atoms with Crippen LogP contribution in [0.1, 0.15) is 18.3 Å². The molecule has 1 atom stereocenters. The molecule has 12 heavy (non-hydrogen) atoms. The van der Waals surface area contributed by atoms with Gasteiger partial charge in [-0.3, -0.25) is 0 Å². The second-order valence-corrected chi connectivity index (χ2v) is 4.77. The highest BCUT2D eigenvalue weighted by atomic mass is 32.2. The molecule has 1 aromatic heterocycles. The lowest BCUT2D eigenvalue weighted by atomic mass is 10.3. The van der Waals surface area contributed by atoms with Crippen LogP contribution in [0.5, 0.6) is 0 Å². The molecular weight excluding hydrogens is 168 g/mol. The molecule has 3 heteroatoms. The topological polar surface area (TPSA) is 16.8 Å². The van der Waals surface area contributed by atoms with E-state index in [1.807, 2.05) is 11.8 Å². The van der Waals surface area contributed by atoms with Crippen molar-refractivity contribution in [3.05, 3.63) is 17.5 Å². The van der Waals surface area contributed by atoms with Crippen LogP contribution in [0.25, 0.3) is 0 Å². The third kappa shape index (κ3) is 1.22. The molecule has 1 aromatic rings. The maximum atomic E-state index is 4.49.